The van der Waals surface area contributed by atoms with Crippen LogP contribution in [-0.2, 0) is 6.42 Å². The van der Waals surface area contributed by atoms with Gasteiger partial charge < -0.3 is 4.90 Å². The Morgan fingerprint density at radius 2 is 2.00 bits per heavy atom. The molecule has 0 aliphatic rings. The van der Waals surface area contributed by atoms with Crippen molar-refractivity contribution in [1.29, 1.82) is 0 Å². The van der Waals surface area contributed by atoms with E-state index >= 15 is 0 Å². The van der Waals surface area contributed by atoms with Gasteiger partial charge in [-0.15, -0.1) is 0 Å². The number of nitrogens with zero attached hydrogens (tertiary/aromatic N) is 3. The summed E-state index contributed by atoms with van der Waals surface area (Å²) in [5, 5.41) is 0.571. The van der Waals surface area contributed by atoms with Crippen LogP contribution in [0.3, 0.4) is 0 Å². The molecule has 0 saturated carbocycles. The highest BCUT2D eigenvalue weighted by atomic mass is 35.5. The summed E-state index contributed by atoms with van der Waals surface area (Å²) in [6, 6.07) is 6.14. The molecule has 2 aromatic heterocycles. The van der Waals surface area contributed by atoms with Crippen molar-refractivity contribution in [1.82, 2.24) is 9.97 Å². The number of likely N-dealkylation sites (N-methyl/N-ethyl adjacent to an activating group) is 1. The summed E-state index contributed by atoms with van der Waals surface area (Å²) >= 11 is 5.92. The van der Waals surface area contributed by atoms with E-state index in [0.717, 1.165) is 24.2 Å². The average molecular weight is 262 g/mol. The number of pyridine rings is 2. The Labute approximate surface area is 112 Å². The van der Waals surface area contributed by atoms with E-state index in [1.165, 1.54) is 5.56 Å². The summed E-state index contributed by atoms with van der Waals surface area (Å²) in [6.07, 6.45) is 6.44. The monoisotopic (exact) mass is 261 g/mol. The van der Waals surface area contributed by atoms with Crippen molar-refractivity contribution in [2.45, 2.75) is 13.3 Å². The van der Waals surface area contributed by atoms with Crippen molar-refractivity contribution in [3.05, 3.63) is 53.1 Å². The maximum Gasteiger partial charge on any atom is 0.132 e. The second-order valence-electron chi connectivity index (χ2n) is 4.33. The zero-order valence-corrected chi connectivity index (χ0v) is 11.4. The number of rotatable bonds is 4. The second kappa shape index (κ2) is 5.83. The largest absolute Gasteiger partial charge is 0.373 e. The van der Waals surface area contributed by atoms with Crippen LogP contribution in [-0.4, -0.2) is 23.6 Å². The highest BCUT2D eigenvalue weighted by molar-refractivity contribution is 6.30. The maximum atomic E-state index is 5.92. The van der Waals surface area contributed by atoms with E-state index < -0.39 is 0 Å². The minimum absolute atomic E-state index is 0.571. The highest BCUT2D eigenvalue weighted by Crippen LogP contribution is 2.18. The van der Waals surface area contributed by atoms with Crippen molar-refractivity contribution in [2.24, 2.45) is 0 Å². The Balaban J connectivity index is 1.99. The van der Waals surface area contributed by atoms with Gasteiger partial charge in [-0.05, 0) is 42.7 Å². The Morgan fingerprint density at radius 1 is 1.28 bits per heavy atom. The molecule has 2 heterocycles. The molecule has 0 spiro atoms. The maximum absolute atomic E-state index is 5.92. The van der Waals surface area contributed by atoms with E-state index in [-0.39, 0.29) is 0 Å². The lowest BCUT2D eigenvalue weighted by molar-refractivity contribution is 0.871. The third kappa shape index (κ3) is 3.20. The van der Waals surface area contributed by atoms with Crippen molar-refractivity contribution in [2.75, 3.05) is 18.5 Å². The molecule has 0 aliphatic heterocycles. The highest BCUT2D eigenvalue weighted by Gasteiger charge is 2.04. The lowest BCUT2D eigenvalue weighted by Crippen LogP contribution is -2.20. The molecular formula is C14H16ClN3. The van der Waals surface area contributed by atoms with Gasteiger partial charge >= 0.3 is 0 Å². The van der Waals surface area contributed by atoms with Gasteiger partial charge in [-0.3, -0.25) is 4.98 Å². The smallest absolute Gasteiger partial charge is 0.132 e. The Morgan fingerprint density at radius 3 is 2.67 bits per heavy atom. The number of aromatic nitrogens is 2. The SMILES string of the molecule is Cc1cc(N(C)CCc2ccncc2)cnc1Cl. The average Bonchev–Trinajstić information content (AvgIpc) is 2.40. The molecule has 94 valence electrons. The lowest BCUT2D eigenvalue weighted by Gasteiger charge is -2.19. The molecule has 18 heavy (non-hydrogen) atoms. The number of hydrogen-bond acceptors (Lipinski definition) is 3. The molecule has 0 aliphatic carbocycles. The van der Waals surface area contributed by atoms with Gasteiger partial charge in [0.25, 0.3) is 0 Å². The molecule has 2 aromatic rings. The van der Waals surface area contributed by atoms with Crippen LogP contribution in [0.25, 0.3) is 0 Å². The van der Waals surface area contributed by atoms with Gasteiger partial charge in [0.05, 0.1) is 11.9 Å². The van der Waals surface area contributed by atoms with Crippen LogP contribution in [0.5, 0.6) is 0 Å². The first-order chi connectivity index (χ1) is 8.66. The minimum atomic E-state index is 0.571. The third-order valence-electron chi connectivity index (χ3n) is 2.93. The minimum Gasteiger partial charge on any atom is -0.373 e. The van der Waals surface area contributed by atoms with Gasteiger partial charge in [0.1, 0.15) is 5.15 Å². The van der Waals surface area contributed by atoms with Crippen LogP contribution in [0.2, 0.25) is 5.15 Å². The summed E-state index contributed by atoms with van der Waals surface area (Å²) in [6.45, 7) is 2.91. The zero-order valence-electron chi connectivity index (χ0n) is 10.6. The normalized spacial score (nSPS) is 10.4. The standard InChI is InChI=1S/C14H16ClN3/c1-11-9-13(10-17-14(11)15)18(2)8-5-12-3-6-16-7-4-12/h3-4,6-7,9-10H,5,8H2,1-2H3. The fourth-order valence-electron chi connectivity index (χ4n) is 1.73. The van der Waals surface area contributed by atoms with Crippen molar-refractivity contribution in [3.8, 4) is 0 Å². The Hall–Kier alpha value is -1.61. The number of aryl methyl sites for hydroxylation is 1. The van der Waals surface area contributed by atoms with E-state index in [9.17, 15) is 0 Å². The molecule has 2 rings (SSSR count). The third-order valence-corrected chi connectivity index (χ3v) is 3.32. The van der Waals surface area contributed by atoms with Crippen LogP contribution in [0, 0.1) is 6.92 Å². The predicted octanol–water partition coefficient (Wildman–Crippen LogP) is 3.12. The molecule has 0 unspecified atom stereocenters. The van der Waals surface area contributed by atoms with Crippen molar-refractivity contribution in [3.63, 3.8) is 0 Å². The molecule has 0 N–H and O–H groups in total. The van der Waals surface area contributed by atoms with Gasteiger partial charge in [-0.2, -0.15) is 0 Å². The molecule has 0 fully saturated rings. The number of hydrogen-bond donors (Lipinski definition) is 0. The summed E-state index contributed by atoms with van der Waals surface area (Å²) in [4.78, 5) is 10.4. The van der Waals surface area contributed by atoms with Crippen LogP contribution in [0.1, 0.15) is 11.1 Å². The first kappa shape index (κ1) is 12.8. The van der Waals surface area contributed by atoms with Gasteiger partial charge in [-0.25, -0.2) is 4.98 Å². The topological polar surface area (TPSA) is 29.0 Å². The van der Waals surface area contributed by atoms with E-state index in [0.29, 0.717) is 5.15 Å². The molecule has 0 amide bonds. The zero-order chi connectivity index (χ0) is 13.0. The molecule has 0 aromatic carbocycles. The number of anilines is 1. The Bertz CT molecular complexity index is 514. The van der Waals surface area contributed by atoms with Gasteiger partial charge in [-0.1, -0.05) is 11.6 Å². The van der Waals surface area contributed by atoms with Crippen LogP contribution < -0.4 is 4.90 Å². The fraction of sp³-hybridized carbons (Fsp3) is 0.286. The van der Waals surface area contributed by atoms with Crippen molar-refractivity contribution >= 4 is 17.3 Å². The molecule has 0 atom stereocenters. The van der Waals surface area contributed by atoms with E-state index in [1.807, 2.05) is 37.6 Å². The van der Waals surface area contributed by atoms with Gasteiger partial charge in [0.2, 0.25) is 0 Å². The first-order valence-electron chi connectivity index (χ1n) is 5.89. The predicted molar refractivity (Wildman–Crippen MR) is 75.2 cm³/mol. The number of halogens is 1. The van der Waals surface area contributed by atoms with Crippen molar-refractivity contribution < 1.29 is 0 Å². The summed E-state index contributed by atoms with van der Waals surface area (Å²) in [5.41, 5.74) is 3.38. The molecule has 0 radical (unpaired) electrons. The molecule has 3 nitrogen and oxygen atoms in total. The fourth-order valence-corrected chi connectivity index (χ4v) is 1.83. The van der Waals surface area contributed by atoms with E-state index in [2.05, 4.69) is 28.0 Å². The van der Waals surface area contributed by atoms with E-state index in [1.54, 1.807) is 0 Å². The summed E-state index contributed by atoms with van der Waals surface area (Å²) in [5.74, 6) is 0. The van der Waals surface area contributed by atoms with Crippen LogP contribution >= 0.6 is 11.6 Å². The van der Waals surface area contributed by atoms with Crippen LogP contribution in [0.15, 0.2) is 36.8 Å². The molecular weight excluding hydrogens is 246 g/mol. The summed E-state index contributed by atoms with van der Waals surface area (Å²) in [7, 11) is 2.06. The summed E-state index contributed by atoms with van der Waals surface area (Å²) < 4.78 is 0. The van der Waals surface area contributed by atoms with Gasteiger partial charge in [0, 0.05) is 26.0 Å². The molecule has 0 bridgehead atoms. The Kier molecular flexibility index (Phi) is 4.15. The van der Waals surface area contributed by atoms with Crippen LogP contribution in [0.4, 0.5) is 5.69 Å². The van der Waals surface area contributed by atoms with E-state index in [4.69, 9.17) is 11.6 Å². The first-order valence-corrected chi connectivity index (χ1v) is 6.27. The van der Waals surface area contributed by atoms with Gasteiger partial charge in [0.15, 0.2) is 0 Å². The second-order valence-corrected chi connectivity index (χ2v) is 4.69. The lowest BCUT2D eigenvalue weighted by atomic mass is 10.2. The quantitative estimate of drug-likeness (QED) is 0.792. The molecule has 4 heteroatoms. The molecule has 0 saturated heterocycles.